The van der Waals surface area contributed by atoms with E-state index >= 15 is 0 Å². The predicted octanol–water partition coefficient (Wildman–Crippen LogP) is 2.12. The highest BCUT2D eigenvalue weighted by atomic mass is 16.5. The molecule has 0 bridgehead atoms. The molecule has 0 spiro atoms. The van der Waals surface area contributed by atoms with Gasteiger partial charge in [-0.15, -0.1) is 0 Å². The van der Waals surface area contributed by atoms with Crippen LogP contribution in [-0.2, 0) is 4.74 Å². The van der Waals surface area contributed by atoms with Gasteiger partial charge in [0, 0.05) is 32.3 Å². The van der Waals surface area contributed by atoms with Crippen LogP contribution < -0.4 is 5.32 Å². The van der Waals surface area contributed by atoms with E-state index in [1.807, 2.05) is 0 Å². The summed E-state index contributed by atoms with van der Waals surface area (Å²) >= 11 is 0. The lowest BCUT2D eigenvalue weighted by atomic mass is 9.99. The largest absolute Gasteiger partial charge is 0.381 e. The molecule has 1 aliphatic rings. The van der Waals surface area contributed by atoms with Crippen molar-refractivity contribution in [2.45, 2.75) is 45.6 Å². The van der Waals surface area contributed by atoms with Gasteiger partial charge in [0.2, 0.25) is 0 Å². The van der Waals surface area contributed by atoms with E-state index in [4.69, 9.17) is 4.74 Å². The van der Waals surface area contributed by atoms with Crippen LogP contribution in [0.5, 0.6) is 0 Å². The zero-order valence-corrected chi connectivity index (χ0v) is 11.9. The highest BCUT2D eigenvalue weighted by Gasteiger charge is 2.19. The SMILES string of the molecule is CCCNCC(CC)N(C)CC1CCOCC1. The summed E-state index contributed by atoms with van der Waals surface area (Å²) in [5.74, 6) is 0.842. The molecule has 3 heteroatoms. The summed E-state index contributed by atoms with van der Waals surface area (Å²) in [7, 11) is 2.28. The molecule has 17 heavy (non-hydrogen) atoms. The van der Waals surface area contributed by atoms with Gasteiger partial charge in [0.05, 0.1) is 0 Å². The molecule has 0 amide bonds. The topological polar surface area (TPSA) is 24.5 Å². The minimum atomic E-state index is 0.685. The molecule has 1 aliphatic heterocycles. The number of ether oxygens (including phenoxy) is 1. The van der Waals surface area contributed by atoms with Crippen molar-refractivity contribution in [3.8, 4) is 0 Å². The van der Waals surface area contributed by atoms with Gasteiger partial charge < -0.3 is 15.0 Å². The molecule has 0 saturated carbocycles. The third kappa shape index (κ3) is 5.84. The first-order chi connectivity index (χ1) is 8.27. The lowest BCUT2D eigenvalue weighted by molar-refractivity contribution is 0.0500. The van der Waals surface area contributed by atoms with Crippen molar-refractivity contribution in [3.05, 3.63) is 0 Å². The van der Waals surface area contributed by atoms with Gasteiger partial charge in [0.15, 0.2) is 0 Å². The van der Waals surface area contributed by atoms with Crippen molar-refractivity contribution in [1.82, 2.24) is 10.2 Å². The van der Waals surface area contributed by atoms with E-state index in [-0.39, 0.29) is 0 Å². The van der Waals surface area contributed by atoms with Crippen molar-refractivity contribution in [1.29, 1.82) is 0 Å². The number of rotatable bonds is 8. The van der Waals surface area contributed by atoms with E-state index in [2.05, 4.69) is 31.1 Å². The molecule has 0 aromatic rings. The molecule has 1 N–H and O–H groups in total. The summed E-state index contributed by atoms with van der Waals surface area (Å²) in [6.45, 7) is 9.94. The monoisotopic (exact) mass is 242 g/mol. The molecule has 1 atom stereocenters. The first kappa shape index (κ1) is 14.9. The Kier molecular flexibility index (Phi) is 7.82. The summed E-state index contributed by atoms with van der Waals surface area (Å²) in [5, 5.41) is 3.54. The van der Waals surface area contributed by atoms with E-state index < -0.39 is 0 Å². The van der Waals surface area contributed by atoms with Crippen LogP contribution in [0.25, 0.3) is 0 Å². The fourth-order valence-electron chi connectivity index (χ4n) is 2.54. The molecule has 3 nitrogen and oxygen atoms in total. The number of nitrogens with zero attached hydrogens (tertiary/aromatic N) is 1. The minimum absolute atomic E-state index is 0.685. The molecular formula is C14H30N2O. The highest BCUT2D eigenvalue weighted by molar-refractivity contribution is 4.74. The maximum absolute atomic E-state index is 5.42. The van der Waals surface area contributed by atoms with E-state index in [1.54, 1.807) is 0 Å². The van der Waals surface area contributed by atoms with Crippen LogP contribution in [0.3, 0.4) is 0 Å². The van der Waals surface area contributed by atoms with Crippen molar-refractivity contribution in [3.63, 3.8) is 0 Å². The van der Waals surface area contributed by atoms with Crippen LogP contribution in [0.4, 0.5) is 0 Å². The van der Waals surface area contributed by atoms with E-state index in [0.717, 1.165) is 32.2 Å². The van der Waals surface area contributed by atoms with Gasteiger partial charge in [-0.05, 0) is 45.2 Å². The fourth-order valence-corrected chi connectivity index (χ4v) is 2.54. The van der Waals surface area contributed by atoms with Crippen molar-refractivity contribution < 1.29 is 4.74 Å². The third-order valence-corrected chi connectivity index (χ3v) is 3.79. The van der Waals surface area contributed by atoms with E-state index in [9.17, 15) is 0 Å². The van der Waals surface area contributed by atoms with Crippen LogP contribution >= 0.6 is 0 Å². The maximum atomic E-state index is 5.42. The number of likely N-dealkylation sites (N-methyl/N-ethyl adjacent to an activating group) is 1. The number of hydrogen-bond donors (Lipinski definition) is 1. The van der Waals surface area contributed by atoms with Crippen molar-refractivity contribution in [2.75, 3.05) is 39.9 Å². The quantitative estimate of drug-likeness (QED) is 0.660. The van der Waals surface area contributed by atoms with E-state index in [1.165, 1.54) is 32.2 Å². The Hall–Kier alpha value is -0.120. The molecule has 0 aromatic heterocycles. The van der Waals surface area contributed by atoms with Crippen LogP contribution in [0.1, 0.15) is 39.5 Å². The zero-order chi connectivity index (χ0) is 12.5. The summed E-state index contributed by atoms with van der Waals surface area (Å²) in [5.41, 5.74) is 0. The minimum Gasteiger partial charge on any atom is -0.381 e. The second-order valence-electron chi connectivity index (χ2n) is 5.26. The van der Waals surface area contributed by atoms with Gasteiger partial charge >= 0.3 is 0 Å². The molecule has 1 saturated heterocycles. The fraction of sp³-hybridized carbons (Fsp3) is 1.00. The average molecular weight is 242 g/mol. The Morgan fingerprint density at radius 2 is 2.00 bits per heavy atom. The van der Waals surface area contributed by atoms with Crippen molar-refractivity contribution in [2.24, 2.45) is 5.92 Å². The van der Waals surface area contributed by atoms with Crippen LogP contribution in [-0.4, -0.2) is 50.8 Å². The first-order valence-electron chi connectivity index (χ1n) is 7.26. The first-order valence-corrected chi connectivity index (χ1v) is 7.26. The summed E-state index contributed by atoms with van der Waals surface area (Å²) in [6.07, 6.45) is 4.93. The van der Waals surface area contributed by atoms with Gasteiger partial charge in [-0.3, -0.25) is 0 Å². The lowest BCUT2D eigenvalue weighted by Gasteiger charge is -2.32. The third-order valence-electron chi connectivity index (χ3n) is 3.79. The Balaban J connectivity index is 2.23. The molecule has 1 heterocycles. The molecule has 0 aromatic carbocycles. The molecule has 1 unspecified atom stereocenters. The van der Waals surface area contributed by atoms with Gasteiger partial charge in [0.25, 0.3) is 0 Å². The molecular weight excluding hydrogens is 212 g/mol. The molecule has 0 radical (unpaired) electrons. The lowest BCUT2D eigenvalue weighted by Crippen LogP contribution is -2.42. The molecule has 1 fully saturated rings. The van der Waals surface area contributed by atoms with Gasteiger partial charge in [-0.2, -0.15) is 0 Å². The molecule has 1 rings (SSSR count). The van der Waals surface area contributed by atoms with E-state index in [0.29, 0.717) is 6.04 Å². The van der Waals surface area contributed by atoms with Crippen LogP contribution in [0.15, 0.2) is 0 Å². The zero-order valence-electron chi connectivity index (χ0n) is 11.9. The normalized spacial score (nSPS) is 19.8. The number of nitrogens with one attached hydrogen (secondary N) is 1. The average Bonchev–Trinajstić information content (AvgIpc) is 2.36. The van der Waals surface area contributed by atoms with Gasteiger partial charge in [-0.25, -0.2) is 0 Å². The number of hydrogen-bond acceptors (Lipinski definition) is 3. The predicted molar refractivity (Wildman–Crippen MR) is 73.4 cm³/mol. The summed E-state index contributed by atoms with van der Waals surface area (Å²) in [6, 6.07) is 0.685. The Morgan fingerprint density at radius 1 is 1.29 bits per heavy atom. The maximum Gasteiger partial charge on any atom is 0.0469 e. The van der Waals surface area contributed by atoms with Crippen molar-refractivity contribution >= 4 is 0 Å². The Morgan fingerprint density at radius 3 is 2.59 bits per heavy atom. The molecule has 102 valence electrons. The van der Waals surface area contributed by atoms with Gasteiger partial charge in [0.1, 0.15) is 0 Å². The second kappa shape index (κ2) is 8.90. The summed E-state index contributed by atoms with van der Waals surface area (Å²) in [4.78, 5) is 2.54. The second-order valence-corrected chi connectivity index (χ2v) is 5.26. The Bertz CT molecular complexity index is 181. The van der Waals surface area contributed by atoms with Crippen LogP contribution in [0.2, 0.25) is 0 Å². The standard InChI is InChI=1S/C14H30N2O/c1-4-8-15-11-14(5-2)16(3)12-13-6-9-17-10-7-13/h13-15H,4-12H2,1-3H3. The van der Waals surface area contributed by atoms with Gasteiger partial charge in [-0.1, -0.05) is 13.8 Å². The van der Waals surface area contributed by atoms with Crippen LogP contribution in [0, 0.1) is 5.92 Å². The smallest absolute Gasteiger partial charge is 0.0469 e. The Labute approximate surface area is 107 Å². The molecule has 0 aliphatic carbocycles. The summed E-state index contributed by atoms with van der Waals surface area (Å²) < 4.78 is 5.42. The highest BCUT2D eigenvalue weighted by Crippen LogP contribution is 2.17.